The van der Waals surface area contributed by atoms with Gasteiger partial charge in [-0.25, -0.2) is 4.98 Å². The van der Waals surface area contributed by atoms with Crippen LogP contribution in [0.15, 0.2) is 36.7 Å². The summed E-state index contributed by atoms with van der Waals surface area (Å²) in [5.74, 6) is 2.41. The van der Waals surface area contributed by atoms with E-state index >= 15 is 0 Å². The molecule has 2 saturated heterocycles. The van der Waals surface area contributed by atoms with Crippen LogP contribution in [-0.2, 0) is 7.05 Å². The molecule has 1 amide bonds. The summed E-state index contributed by atoms with van der Waals surface area (Å²) >= 11 is 0. The summed E-state index contributed by atoms with van der Waals surface area (Å²) in [5.41, 5.74) is 1.29. The molecular formula is C19H24N4O2. The Kier molecular flexibility index (Phi) is 4.00. The van der Waals surface area contributed by atoms with Crippen LogP contribution in [0.4, 0.5) is 0 Å². The van der Waals surface area contributed by atoms with Crippen molar-refractivity contribution in [2.24, 2.45) is 18.9 Å². The first-order valence-electron chi connectivity index (χ1n) is 8.69. The van der Waals surface area contributed by atoms with Crippen molar-refractivity contribution < 1.29 is 9.53 Å². The van der Waals surface area contributed by atoms with Gasteiger partial charge in [-0.15, -0.1) is 0 Å². The van der Waals surface area contributed by atoms with E-state index in [1.165, 1.54) is 5.56 Å². The van der Waals surface area contributed by atoms with Gasteiger partial charge in [0.15, 0.2) is 5.82 Å². The van der Waals surface area contributed by atoms with E-state index in [4.69, 9.17) is 4.74 Å². The first-order chi connectivity index (χ1) is 12.1. The SMILES string of the molecule is COc1ccc([C@H]2[C@@H]3CN(C(=O)c4nccn4C)C[C@@H]3CN2C)cc1. The zero-order valence-corrected chi connectivity index (χ0v) is 14.9. The average molecular weight is 340 g/mol. The van der Waals surface area contributed by atoms with Gasteiger partial charge < -0.3 is 14.2 Å². The highest BCUT2D eigenvalue weighted by Crippen LogP contribution is 2.44. The molecule has 3 heterocycles. The van der Waals surface area contributed by atoms with Crippen LogP contribution >= 0.6 is 0 Å². The minimum Gasteiger partial charge on any atom is -0.497 e. The molecule has 6 nitrogen and oxygen atoms in total. The molecule has 2 fully saturated rings. The lowest BCUT2D eigenvalue weighted by Gasteiger charge is -2.27. The van der Waals surface area contributed by atoms with Gasteiger partial charge in [0, 0.05) is 51.0 Å². The molecule has 3 atom stereocenters. The second-order valence-electron chi connectivity index (χ2n) is 7.15. The minimum atomic E-state index is 0.0398. The fourth-order valence-electron chi connectivity index (χ4n) is 4.44. The zero-order chi connectivity index (χ0) is 17.6. The van der Waals surface area contributed by atoms with Crippen molar-refractivity contribution in [3.05, 3.63) is 48.0 Å². The maximum atomic E-state index is 12.8. The quantitative estimate of drug-likeness (QED) is 0.855. The number of imidazole rings is 1. The topological polar surface area (TPSA) is 50.6 Å². The number of aromatic nitrogens is 2. The number of fused-ring (bicyclic) bond motifs is 1. The fourth-order valence-corrected chi connectivity index (χ4v) is 4.44. The Morgan fingerprint density at radius 3 is 2.56 bits per heavy atom. The van der Waals surface area contributed by atoms with Crippen molar-refractivity contribution in [2.75, 3.05) is 33.8 Å². The van der Waals surface area contributed by atoms with Crippen LogP contribution in [0.2, 0.25) is 0 Å². The summed E-state index contributed by atoms with van der Waals surface area (Å²) in [5, 5.41) is 0. The Balaban J connectivity index is 1.54. The number of hydrogen-bond donors (Lipinski definition) is 0. The van der Waals surface area contributed by atoms with E-state index < -0.39 is 0 Å². The molecule has 1 aromatic heterocycles. The normalized spacial score (nSPS) is 26.0. The molecule has 0 spiro atoms. The van der Waals surface area contributed by atoms with Crippen molar-refractivity contribution in [1.82, 2.24) is 19.4 Å². The molecule has 1 aromatic carbocycles. The molecule has 6 heteroatoms. The minimum absolute atomic E-state index is 0.0398. The van der Waals surface area contributed by atoms with E-state index in [2.05, 4.69) is 29.1 Å². The van der Waals surface area contributed by atoms with E-state index in [-0.39, 0.29) is 5.91 Å². The van der Waals surface area contributed by atoms with Crippen molar-refractivity contribution in [2.45, 2.75) is 6.04 Å². The maximum Gasteiger partial charge on any atom is 0.289 e. The molecule has 0 aliphatic carbocycles. The molecule has 0 unspecified atom stereocenters. The standard InChI is InChI=1S/C19H24N4O2/c1-21-9-8-20-18(21)19(24)23-11-14-10-22(2)17(16(14)12-23)13-4-6-15(25-3)7-5-13/h4-9,14,16-17H,10-12H2,1-3H3/t14-,16+,17-/m0/s1. The van der Waals surface area contributed by atoms with Crippen molar-refractivity contribution >= 4 is 5.91 Å². The van der Waals surface area contributed by atoms with Gasteiger partial charge in [0.25, 0.3) is 5.91 Å². The smallest absolute Gasteiger partial charge is 0.289 e. The number of likely N-dealkylation sites (tertiary alicyclic amines) is 2. The lowest BCUT2D eigenvalue weighted by Crippen LogP contribution is -2.34. The monoisotopic (exact) mass is 340 g/mol. The Bertz CT molecular complexity index is 770. The predicted octanol–water partition coefficient (Wildman–Crippen LogP) is 1.80. The van der Waals surface area contributed by atoms with E-state index in [0.29, 0.717) is 23.7 Å². The highest BCUT2D eigenvalue weighted by molar-refractivity contribution is 5.91. The number of rotatable bonds is 3. The number of ether oxygens (including phenoxy) is 1. The van der Waals surface area contributed by atoms with E-state index in [0.717, 1.165) is 25.4 Å². The highest BCUT2D eigenvalue weighted by atomic mass is 16.5. The predicted molar refractivity (Wildman–Crippen MR) is 94.5 cm³/mol. The number of aryl methyl sites for hydroxylation is 1. The molecule has 0 bridgehead atoms. The number of benzene rings is 1. The van der Waals surface area contributed by atoms with Gasteiger partial charge >= 0.3 is 0 Å². The first-order valence-corrected chi connectivity index (χ1v) is 8.69. The van der Waals surface area contributed by atoms with Crippen LogP contribution in [0.1, 0.15) is 22.2 Å². The van der Waals surface area contributed by atoms with Crippen LogP contribution in [0, 0.1) is 11.8 Å². The molecule has 0 saturated carbocycles. The van der Waals surface area contributed by atoms with Gasteiger partial charge in [0.2, 0.25) is 0 Å². The molecule has 4 rings (SSSR count). The van der Waals surface area contributed by atoms with Crippen LogP contribution in [0.3, 0.4) is 0 Å². The summed E-state index contributed by atoms with van der Waals surface area (Å²) in [4.78, 5) is 21.4. The van der Waals surface area contributed by atoms with E-state index in [1.54, 1.807) is 17.9 Å². The molecule has 25 heavy (non-hydrogen) atoms. The summed E-state index contributed by atoms with van der Waals surface area (Å²) in [7, 11) is 5.73. The summed E-state index contributed by atoms with van der Waals surface area (Å²) in [6.07, 6.45) is 3.50. The van der Waals surface area contributed by atoms with Gasteiger partial charge in [-0.1, -0.05) is 12.1 Å². The Morgan fingerprint density at radius 1 is 1.16 bits per heavy atom. The molecule has 2 aliphatic rings. The first kappa shape index (κ1) is 16.1. The lowest BCUT2D eigenvalue weighted by atomic mass is 9.89. The van der Waals surface area contributed by atoms with Gasteiger partial charge in [-0.2, -0.15) is 0 Å². The third kappa shape index (κ3) is 2.70. The number of methoxy groups -OCH3 is 1. The van der Waals surface area contributed by atoms with Crippen molar-refractivity contribution in [3.8, 4) is 5.75 Å². The fraction of sp³-hybridized carbons (Fsp3) is 0.474. The average Bonchev–Trinajstić information content (AvgIpc) is 3.28. The largest absolute Gasteiger partial charge is 0.497 e. The van der Waals surface area contributed by atoms with Gasteiger partial charge in [0.1, 0.15) is 5.75 Å². The summed E-state index contributed by atoms with van der Waals surface area (Å²) < 4.78 is 7.07. The maximum absolute atomic E-state index is 12.8. The Labute approximate surface area is 148 Å². The molecule has 0 N–H and O–H groups in total. The number of hydrogen-bond acceptors (Lipinski definition) is 4. The Hall–Kier alpha value is -2.34. The number of nitrogens with zero attached hydrogens (tertiary/aromatic N) is 4. The van der Waals surface area contributed by atoms with E-state index in [1.807, 2.05) is 30.3 Å². The molecular weight excluding hydrogens is 316 g/mol. The third-order valence-corrected chi connectivity index (χ3v) is 5.65. The van der Waals surface area contributed by atoms with Crippen LogP contribution in [-0.4, -0.2) is 59.0 Å². The van der Waals surface area contributed by atoms with Crippen molar-refractivity contribution in [3.63, 3.8) is 0 Å². The van der Waals surface area contributed by atoms with Crippen molar-refractivity contribution in [1.29, 1.82) is 0 Å². The van der Waals surface area contributed by atoms with Gasteiger partial charge in [-0.05, 0) is 30.7 Å². The van der Waals surface area contributed by atoms with Gasteiger partial charge in [-0.3, -0.25) is 9.69 Å². The molecule has 2 aliphatic heterocycles. The van der Waals surface area contributed by atoms with Crippen LogP contribution in [0.25, 0.3) is 0 Å². The van der Waals surface area contributed by atoms with Crippen LogP contribution < -0.4 is 4.74 Å². The van der Waals surface area contributed by atoms with Gasteiger partial charge in [0.05, 0.1) is 7.11 Å². The number of amides is 1. The lowest BCUT2D eigenvalue weighted by molar-refractivity contribution is 0.0752. The molecule has 2 aromatic rings. The third-order valence-electron chi connectivity index (χ3n) is 5.65. The summed E-state index contributed by atoms with van der Waals surface area (Å²) in [6.45, 7) is 2.62. The van der Waals surface area contributed by atoms with Crippen LogP contribution in [0.5, 0.6) is 5.75 Å². The number of carbonyl (C=O) groups is 1. The zero-order valence-electron chi connectivity index (χ0n) is 14.9. The highest BCUT2D eigenvalue weighted by Gasteiger charge is 2.47. The molecule has 0 radical (unpaired) electrons. The summed E-state index contributed by atoms with van der Waals surface area (Å²) in [6, 6.07) is 8.66. The van der Waals surface area contributed by atoms with E-state index in [9.17, 15) is 4.79 Å². The Morgan fingerprint density at radius 2 is 1.92 bits per heavy atom. The second-order valence-corrected chi connectivity index (χ2v) is 7.15. The number of carbonyl (C=O) groups excluding carboxylic acids is 1. The second kappa shape index (κ2) is 6.19. The molecule has 132 valence electrons.